The van der Waals surface area contributed by atoms with Crippen LogP contribution in [0.25, 0.3) is 5.95 Å². The van der Waals surface area contributed by atoms with Gasteiger partial charge in [0.05, 0.1) is 18.1 Å². The highest BCUT2D eigenvalue weighted by molar-refractivity contribution is 5.90. The second-order valence-electron chi connectivity index (χ2n) is 3.99. The summed E-state index contributed by atoms with van der Waals surface area (Å²) in [6.07, 6.45) is 11.4. The molecule has 0 aromatic carbocycles. The third-order valence-corrected chi connectivity index (χ3v) is 2.52. The molecule has 8 heteroatoms. The van der Waals surface area contributed by atoms with E-state index < -0.39 is 0 Å². The smallest absolute Gasteiger partial charge is 0.246 e. The van der Waals surface area contributed by atoms with Gasteiger partial charge in [-0.1, -0.05) is 0 Å². The standard InChI is InChI=1S/C12H11N7O/c20-11(8-19-4-1-2-16-19)17-10-6-14-12(15-7-10)18-5-3-13-9-18/h1-7,9H,8H2,(H,17,20). The molecule has 0 aliphatic rings. The molecule has 3 rings (SSSR count). The molecule has 0 bridgehead atoms. The average Bonchev–Trinajstić information content (AvgIpc) is 3.12. The van der Waals surface area contributed by atoms with Crippen LogP contribution in [-0.2, 0) is 11.3 Å². The van der Waals surface area contributed by atoms with Gasteiger partial charge in [-0.3, -0.25) is 14.0 Å². The Morgan fingerprint density at radius 1 is 1.20 bits per heavy atom. The number of nitrogens with one attached hydrogen (secondary N) is 1. The highest BCUT2D eigenvalue weighted by Gasteiger charge is 2.05. The summed E-state index contributed by atoms with van der Waals surface area (Å²) in [6.45, 7) is 0.149. The van der Waals surface area contributed by atoms with Crippen molar-refractivity contribution in [3.8, 4) is 5.95 Å². The summed E-state index contributed by atoms with van der Waals surface area (Å²) in [5.41, 5.74) is 0.533. The van der Waals surface area contributed by atoms with Gasteiger partial charge in [-0.15, -0.1) is 0 Å². The normalized spacial score (nSPS) is 10.4. The van der Waals surface area contributed by atoms with Crippen molar-refractivity contribution >= 4 is 11.6 Å². The second kappa shape index (κ2) is 5.31. The van der Waals surface area contributed by atoms with Crippen LogP contribution in [0.4, 0.5) is 5.69 Å². The Hall–Kier alpha value is -3.03. The van der Waals surface area contributed by atoms with Crippen molar-refractivity contribution in [2.75, 3.05) is 5.32 Å². The highest BCUT2D eigenvalue weighted by Crippen LogP contribution is 2.06. The van der Waals surface area contributed by atoms with E-state index in [0.29, 0.717) is 11.6 Å². The molecule has 0 radical (unpaired) electrons. The molecule has 0 fully saturated rings. The van der Waals surface area contributed by atoms with E-state index in [2.05, 4.69) is 25.4 Å². The van der Waals surface area contributed by atoms with Gasteiger partial charge in [0.1, 0.15) is 12.9 Å². The molecule has 0 aliphatic carbocycles. The maximum atomic E-state index is 11.8. The number of imidazole rings is 1. The van der Waals surface area contributed by atoms with E-state index in [4.69, 9.17) is 0 Å². The summed E-state index contributed by atoms with van der Waals surface area (Å²) in [4.78, 5) is 24.0. The molecule has 100 valence electrons. The van der Waals surface area contributed by atoms with Crippen LogP contribution in [0, 0.1) is 0 Å². The number of nitrogens with zero attached hydrogens (tertiary/aromatic N) is 6. The summed E-state index contributed by atoms with van der Waals surface area (Å²) in [6, 6.07) is 1.76. The maximum Gasteiger partial charge on any atom is 0.246 e. The van der Waals surface area contributed by atoms with Crippen molar-refractivity contribution in [3.05, 3.63) is 49.6 Å². The SMILES string of the molecule is O=C(Cn1cccn1)Nc1cnc(-n2ccnc2)nc1. The summed E-state index contributed by atoms with van der Waals surface area (Å²) in [5, 5.41) is 6.66. The van der Waals surface area contributed by atoms with E-state index >= 15 is 0 Å². The maximum absolute atomic E-state index is 11.8. The van der Waals surface area contributed by atoms with Gasteiger partial charge in [0, 0.05) is 24.8 Å². The molecule has 20 heavy (non-hydrogen) atoms. The summed E-state index contributed by atoms with van der Waals surface area (Å²) in [5.74, 6) is 0.306. The summed E-state index contributed by atoms with van der Waals surface area (Å²) >= 11 is 0. The van der Waals surface area contributed by atoms with Crippen LogP contribution < -0.4 is 5.32 Å². The molecule has 0 spiro atoms. The van der Waals surface area contributed by atoms with Crippen molar-refractivity contribution in [3.63, 3.8) is 0 Å². The van der Waals surface area contributed by atoms with E-state index in [1.165, 1.54) is 4.68 Å². The zero-order valence-electron chi connectivity index (χ0n) is 10.4. The minimum absolute atomic E-state index is 0.149. The molecule has 3 heterocycles. The van der Waals surface area contributed by atoms with Crippen molar-refractivity contribution < 1.29 is 4.79 Å². The largest absolute Gasteiger partial charge is 0.322 e. The van der Waals surface area contributed by atoms with Gasteiger partial charge in [0.15, 0.2) is 0 Å². The Kier molecular flexibility index (Phi) is 3.19. The Labute approximate surface area is 114 Å². The number of carbonyl (C=O) groups is 1. The zero-order valence-corrected chi connectivity index (χ0v) is 10.4. The molecule has 3 aromatic heterocycles. The van der Waals surface area contributed by atoms with Gasteiger partial charge >= 0.3 is 0 Å². The summed E-state index contributed by atoms with van der Waals surface area (Å²) in [7, 11) is 0. The number of hydrogen-bond acceptors (Lipinski definition) is 5. The lowest BCUT2D eigenvalue weighted by atomic mass is 10.5. The van der Waals surface area contributed by atoms with Crippen LogP contribution in [0.15, 0.2) is 49.6 Å². The lowest BCUT2D eigenvalue weighted by Crippen LogP contribution is -2.19. The predicted octanol–water partition coefficient (Wildman–Crippen LogP) is 0.498. The topological polar surface area (TPSA) is 90.5 Å². The number of anilines is 1. The Morgan fingerprint density at radius 2 is 2.05 bits per heavy atom. The number of rotatable bonds is 4. The monoisotopic (exact) mass is 269 g/mol. The molecule has 8 nitrogen and oxygen atoms in total. The van der Waals surface area contributed by atoms with Gasteiger partial charge in [0.2, 0.25) is 11.9 Å². The average molecular weight is 269 g/mol. The van der Waals surface area contributed by atoms with E-state index in [9.17, 15) is 4.79 Å². The predicted molar refractivity (Wildman–Crippen MR) is 70.0 cm³/mol. The number of carbonyl (C=O) groups excluding carboxylic acids is 1. The quantitative estimate of drug-likeness (QED) is 0.744. The van der Waals surface area contributed by atoms with Crippen LogP contribution >= 0.6 is 0 Å². The number of aromatic nitrogens is 6. The zero-order chi connectivity index (χ0) is 13.8. The first-order chi connectivity index (χ1) is 9.81. The second-order valence-corrected chi connectivity index (χ2v) is 3.99. The fraction of sp³-hybridized carbons (Fsp3) is 0.0833. The molecule has 0 saturated carbocycles. The van der Waals surface area contributed by atoms with Gasteiger partial charge in [-0.2, -0.15) is 5.10 Å². The molecular formula is C12H11N7O. The molecular weight excluding hydrogens is 258 g/mol. The van der Waals surface area contributed by atoms with E-state index in [-0.39, 0.29) is 12.5 Å². The van der Waals surface area contributed by atoms with Gasteiger partial charge < -0.3 is 5.32 Å². The first-order valence-corrected chi connectivity index (χ1v) is 5.89. The van der Waals surface area contributed by atoms with Gasteiger partial charge in [-0.25, -0.2) is 15.0 Å². The number of amides is 1. The molecule has 0 aliphatic heterocycles. The van der Waals surface area contributed by atoms with Crippen molar-refractivity contribution in [1.29, 1.82) is 0 Å². The van der Waals surface area contributed by atoms with E-state index in [1.807, 2.05) is 0 Å². The first kappa shape index (κ1) is 12.0. The lowest BCUT2D eigenvalue weighted by molar-refractivity contribution is -0.116. The van der Waals surface area contributed by atoms with Gasteiger partial charge in [0.25, 0.3) is 0 Å². The minimum atomic E-state index is -0.187. The van der Waals surface area contributed by atoms with Crippen LogP contribution in [0.3, 0.4) is 0 Å². The summed E-state index contributed by atoms with van der Waals surface area (Å²) < 4.78 is 3.21. The lowest BCUT2D eigenvalue weighted by Gasteiger charge is -2.05. The van der Waals surface area contributed by atoms with Crippen LogP contribution in [0.1, 0.15) is 0 Å². The Balaban J connectivity index is 1.65. The van der Waals surface area contributed by atoms with Crippen LogP contribution in [-0.4, -0.2) is 35.2 Å². The van der Waals surface area contributed by atoms with Crippen molar-refractivity contribution in [1.82, 2.24) is 29.3 Å². The molecule has 0 atom stereocenters. The van der Waals surface area contributed by atoms with Crippen LogP contribution in [0.5, 0.6) is 0 Å². The highest BCUT2D eigenvalue weighted by atomic mass is 16.2. The van der Waals surface area contributed by atoms with Crippen molar-refractivity contribution in [2.24, 2.45) is 0 Å². The first-order valence-electron chi connectivity index (χ1n) is 5.89. The fourth-order valence-corrected chi connectivity index (χ4v) is 1.64. The third-order valence-electron chi connectivity index (χ3n) is 2.52. The fourth-order valence-electron chi connectivity index (χ4n) is 1.64. The van der Waals surface area contributed by atoms with Gasteiger partial charge in [-0.05, 0) is 6.07 Å². The molecule has 1 N–H and O–H groups in total. The molecule has 0 unspecified atom stereocenters. The Bertz CT molecular complexity index is 673. The minimum Gasteiger partial charge on any atom is -0.322 e. The van der Waals surface area contributed by atoms with Crippen LogP contribution in [0.2, 0.25) is 0 Å². The molecule has 1 amide bonds. The molecule has 0 saturated heterocycles. The number of hydrogen-bond donors (Lipinski definition) is 1. The van der Waals surface area contributed by atoms with E-state index in [1.54, 1.807) is 54.1 Å². The Morgan fingerprint density at radius 3 is 2.70 bits per heavy atom. The molecule has 3 aromatic rings. The van der Waals surface area contributed by atoms with Crippen molar-refractivity contribution in [2.45, 2.75) is 6.54 Å². The van der Waals surface area contributed by atoms with E-state index in [0.717, 1.165) is 0 Å². The third kappa shape index (κ3) is 2.69.